The Morgan fingerprint density at radius 1 is 1.25 bits per heavy atom. The van der Waals surface area contributed by atoms with Gasteiger partial charge in [-0.25, -0.2) is 9.37 Å². The highest BCUT2D eigenvalue weighted by molar-refractivity contribution is 5.50. The molecule has 0 unspecified atom stereocenters. The first-order valence-electron chi connectivity index (χ1n) is 5.41. The largest absolute Gasteiger partial charge is 0.433 e. The number of anilines is 1. The molecule has 0 bridgehead atoms. The van der Waals surface area contributed by atoms with Gasteiger partial charge in [0.15, 0.2) is 17.3 Å². The van der Waals surface area contributed by atoms with Gasteiger partial charge in [-0.1, -0.05) is 0 Å². The number of nitrogens with two attached hydrogens (primary N) is 1. The zero-order chi connectivity index (χ0) is 14.9. The van der Waals surface area contributed by atoms with Gasteiger partial charge < -0.3 is 10.5 Å². The van der Waals surface area contributed by atoms with Crippen LogP contribution in [0, 0.1) is 12.7 Å². The summed E-state index contributed by atoms with van der Waals surface area (Å²) in [5.41, 5.74) is 5.05. The van der Waals surface area contributed by atoms with Crippen molar-refractivity contribution in [1.82, 2.24) is 9.97 Å². The van der Waals surface area contributed by atoms with Crippen LogP contribution in [0.5, 0.6) is 11.8 Å². The Kier molecular flexibility index (Phi) is 3.47. The fourth-order valence-corrected chi connectivity index (χ4v) is 1.39. The Balaban J connectivity index is 2.33. The molecule has 8 heteroatoms. The number of aryl methyl sites for hydroxylation is 1. The van der Waals surface area contributed by atoms with Gasteiger partial charge in [0.05, 0.1) is 0 Å². The maximum absolute atomic E-state index is 13.6. The summed E-state index contributed by atoms with van der Waals surface area (Å²) in [6.07, 6.45) is -3.75. The van der Waals surface area contributed by atoms with Crippen LogP contribution >= 0.6 is 0 Å². The number of nitrogen functional groups attached to an aromatic ring is 1. The van der Waals surface area contributed by atoms with Crippen molar-refractivity contribution in [3.05, 3.63) is 41.5 Å². The van der Waals surface area contributed by atoms with E-state index in [-0.39, 0.29) is 11.4 Å². The highest BCUT2D eigenvalue weighted by Crippen LogP contribution is 2.30. The molecule has 0 atom stereocenters. The normalized spacial score (nSPS) is 11.4. The Morgan fingerprint density at radius 2 is 1.95 bits per heavy atom. The molecule has 106 valence electrons. The molecule has 1 aromatic heterocycles. The van der Waals surface area contributed by atoms with Crippen LogP contribution in [-0.4, -0.2) is 9.97 Å². The third-order valence-electron chi connectivity index (χ3n) is 2.45. The van der Waals surface area contributed by atoms with Crippen molar-refractivity contribution >= 4 is 5.69 Å². The maximum atomic E-state index is 13.6. The summed E-state index contributed by atoms with van der Waals surface area (Å²) in [5.74, 6) is -1.11. The third kappa shape index (κ3) is 2.95. The summed E-state index contributed by atoms with van der Waals surface area (Å²) >= 11 is 0. The molecule has 0 saturated heterocycles. The average molecular weight is 287 g/mol. The smallest absolute Gasteiger partial charge is 0.421 e. The van der Waals surface area contributed by atoms with Gasteiger partial charge in [0, 0.05) is 18.0 Å². The topological polar surface area (TPSA) is 61.0 Å². The predicted octanol–water partition coefficient (Wildman–Crippen LogP) is 3.32. The SMILES string of the molecule is Cc1cc(Oc2nccc(C(F)(F)F)n2)c(F)cc1N. The van der Waals surface area contributed by atoms with E-state index >= 15 is 0 Å². The first-order chi connectivity index (χ1) is 9.27. The van der Waals surface area contributed by atoms with Crippen molar-refractivity contribution < 1.29 is 22.3 Å². The summed E-state index contributed by atoms with van der Waals surface area (Å²) in [4.78, 5) is 6.69. The second-order valence-corrected chi connectivity index (χ2v) is 3.96. The van der Waals surface area contributed by atoms with Gasteiger partial charge in [-0.05, 0) is 24.6 Å². The number of hydrogen-bond acceptors (Lipinski definition) is 4. The summed E-state index contributed by atoms with van der Waals surface area (Å²) < 4.78 is 55.9. The fraction of sp³-hybridized carbons (Fsp3) is 0.167. The molecule has 0 aliphatic heterocycles. The van der Waals surface area contributed by atoms with E-state index in [9.17, 15) is 17.6 Å². The molecule has 2 aromatic rings. The Labute approximate surface area is 111 Å². The highest BCUT2D eigenvalue weighted by atomic mass is 19.4. The zero-order valence-corrected chi connectivity index (χ0v) is 10.2. The average Bonchev–Trinajstić information content (AvgIpc) is 2.35. The standard InChI is InChI=1S/C12H9F4N3O/c1-6-4-9(7(13)5-8(6)17)20-11-18-3-2-10(19-11)12(14,15)16/h2-5H,17H2,1H3. The van der Waals surface area contributed by atoms with Crippen LogP contribution in [0.4, 0.5) is 23.2 Å². The second-order valence-electron chi connectivity index (χ2n) is 3.96. The molecule has 2 N–H and O–H groups in total. The summed E-state index contributed by atoms with van der Waals surface area (Å²) in [6, 6.07) is 2.37. The molecular weight excluding hydrogens is 278 g/mol. The van der Waals surface area contributed by atoms with Crippen LogP contribution in [0.3, 0.4) is 0 Å². The van der Waals surface area contributed by atoms with E-state index in [0.29, 0.717) is 11.6 Å². The Hall–Kier alpha value is -2.38. The van der Waals surface area contributed by atoms with Crippen molar-refractivity contribution in [2.24, 2.45) is 0 Å². The maximum Gasteiger partial charge on any atom is 0.433 e. The first-order valence-corrected chi connectivity index (χ1v) is 5.41. The van der Waals surface area contributed by atoms with Crippen LogP contribution in [-0.2, 0) is 6.18 Å². The zero-order valence-electron chi connectivity index (χ0n) is 10.2. The van der Waals surface area contributed by atoms with E-state index in [1.807, 2.05) is 0 Å². The molecule has 0 spiro atoms. The molecule has 2 rings (SSSR count). The minimum atomic E-state index is -4.63. The van der Waals surface area contributed by atoms with Crippen molar-refractivity contribution in [3.63, 3.8) is 0 Å². The lowest BCUT2D eigenvalue weighted by Gasteiger charge is -2.09. The Morgan fingerprint density at radius 3 is 2.60 bits per heavy atom. The minimum absolute atomic E-state index is 0.208. The van der Waals surface area contributed by atoms with Gasteiger partial charge in [0.2, 0.25) is 0 Å². The number of alkyl halides is 3. The second kappa shape index (κ2) is 4.95. The van der Waals surface area contributed by atoms with Gasteiger partial charge >= 0.3 is 12.2 Å². The van der Waals surface area contributed by atoms with E-state index in [4.69, 9.17) is 10.5 Å². The Bertz CT molecular complexity index is 643. The molecule has 0 aliphatic carbocycles. The number of hydrogen-bond donors (Lipinski definition) is 1. The monoisotopic (exact) mass is 287 g/mol. The van der Waals surface area contributed by atoms with Gasteiger partial charge in [-0.3, -0.25) is 0 Å². The van der Waals surface area contributed by atoms with E-state index in [1.165, 1.54) is 6.07 Å². The van der Waals surface area contributed by atoms with Crippen LogP contribution < -0.4 is 10.5 Å². The fourth-order valence-electron chi connectivity index (χ4n) is 1.39. The van der Waals surface area contributed by atoms with Gasteiger partial charge in [0.25, 0.3) is 0 Å². The molecule has 20 heavy (non-hydrogen) atoms. The number of nitrogens with zero attached hydrogens (tertiary/aromatic N) is 2. The van der Waals surface area contributed by atoms with Crippen molar-refractivity contribution in [2.75, 3.05) is 5.73 Å². The summed E-state index contributed by atoms with van der Waals surface area (Å²) in [5, 5.41) is 0. The van der Waals surface area contributed by atoms with E-state index < -0.39 is 23.7 Å². The highest BCUT2D eigenvalue weighted by Gasteiger charge is 2.33. The molecule has 0 amide bonds. The number of aromatic nitrogens is 2. The van der Waals surface area contributed by atoms with E-state index in [2.05, 4.69) is 9.97 Å². The van der Waals surface area contributed by atoms with Gasteiger partial charge in [-0.2, -0.15) is 18.2 Å². The lowest BCUT2D eigenvalue weighted by molar-refractivity contribution is -0.141. The molecule has 1 aromatic carbocycles. The van der Waals surface area contributed by atoms with Crippen molar-refractivity contribution in [3.8, 4) is 11.8 Å². The lowest BCUT2D eigenvalue weighted by Crippen LogP contribution is -2.09. The van der Waals surface area contributed by atoms with E-state index in [1.54, 1.807) is 6.92 Å². The van der Waals surface area contributed by atoms with Crippen LogP contribution in [0.1, 0.15) is 11.3 Å². The molecule has 1 heterocycles. The molecule has 0 saturated carbocycles. The molecule has 0 radical (unpaired) electrons. The van der Waals surface area contributed by atoms with Gasteiger partial charge in [0.1, 0.15) is 0 Å². The minimum Gasteiger partial charge on any atom is -0.421 e. The molecule has 0 aliphatic rings. The number of halogens is 4. The number of benzene rings is 1. The molecule has 4 nitrogen and oxygen atoms in total. The number of ether oxygens (including phenoxy) is 1. The predicted molar refractivity (Wildman–Crippen MR) is 62.7 cm³/mol. The van der Waals surface area contributed by atoms with Crippen molar-refractivity contribution in [2.45, 2.75) is 13.1 Å². The van der Waals surface area contributed by atoms with Crippen LogP contribution in [0.15, 0.2) is 24.4 Å². The number of rotatable bonds is 2. The van der Waals surface area contributed by atoms with Crippen LogP contribution in [0.2, 0.25) is 0 Å². The van der Waals surface area contributed by atoms with Gasteiger partial charge in [-0.15, -0.1) is 0 Å². The molecule has 0 fully saturated rings. The summed E-state index contributed by atoms with van der Waals surface area (Å²) in [6.45, 7) is 1.61. The van der Waals surface area contributed by atoms with Crippen LogP contribution in [0.25, 0.3) is 0 Å². The molecular formula is C12H9F4N3O. The third-order valence-corrected chi connectivity index (χ3v) is 2.45. The van der Waals surface area contributed by atoms with E-state index in [0.717, 1.165) is 12.3 Å². The van der Waals surface area contributed by atoms with Crippen molar-refractivity contribution in [1.29, 1.82) is 0 Å². The lowest BCUT2D eigenvalue weighted by atomic mass is 10.2. The first kappa shape index (κ1) is 14.0. The summed E-state index contributed by atoms with van der Waals surface area (Å²) in [7, 11) is 0. The quantitative estimate of drug-likeness (QED) is 0.680.